The molecule has 0 spiro atoms. The van der Waals surface area contributed by atoms with Crippen molar-refractivity contribution in [1.82, 2.24) is 25.3 Å². The number of amides is 1. The Balaban J connectivity index is 1.74. The van der Waals surface area contributed by atoms with Gasteiger partial charge in [0.1, 0.15) is 5.76 Å². The van der Waals surface area contributed by atoms with Gasteiger partial charge in [-0.15, -0.1) is 0 Å². The van der Waals surface area contributed by atoms with Crippen LogP contribution in [-0.2, 0) is 17.8 Å². The van der Waals surface area contributed by atoms with Gasteiger partial charge in [-0.3, -0.25) is 4.79 Å². The molecular formula is C23H30N6O2. The van der Waals surface area contributed by atoms with Crippen LogP contribution in [0.15, 0.2) is 58.1 Å². The summed E-state index contributed by atoms with van der Waals surface area (Å²) in [6.07, 6.45) is 2.38. The molecule has 0 saturated carbocycles. The Morgan fingerprint density at radius 2 is 1.97 bits per heavy atom. The number of nitrogens with one attached hydrogen (secondary N) is 2. The fraction of sp³-hybridized carbons (Fsp3) is 0.348. The van der Waals surface area contributed by atoms with Crippen LogP contribution in [-0.4, -0.2) is 53.7 Å². The van der Waals surface area contributed by atoms with E-state index in [1.54, 1.807) is 25.3 Å². The molecule has 0 aliphatic rings. The van der Waals surface area contributed by atoms with Crippen molar-refractivity contribution in [3.05, 3.63) is 71.4 Å². The number of nitrogens with zero attached hydrogens (tertiary/aromatic N) is 4. The van der Waals surface area contributed by atoms with Crippen molar-refractivity contribution in [2.45, 2.75) is 26.8 Å². The Morgan fingerprint density at radius 3 is 2.65 bits per heavy atom. The molecule has 0 unspecified atom stereocenters. The van der Waals surface area contributed by atoms with E-state index in [9.17, 15) is 4.79 Å². The van der Waals surface area contributed by atoms with Crippen LogP contribution in [0, 0.1) is 13.8 Å². The number of aryl methyl sites for hydroxylation is 2. The van der Waals surface area contributed by atoms with E-state index >= 15 is 0 Å². The summed E-state index contributed by atoms with van der Waals surface area (Å²) in [4.78, 5) is 18.3. The molecule has 1 amide bonds. The highest BCUT2D eigenvalue weighted by atomic mass is 16.3. The molecule has 2 aromatic heterocycles. The molecule has 0 radical (unpaired) electrons. The van der Waals surface area contributed by atoms with E-state index in [2.05, 4.69) is 21.8 Å². The zero-order valence-corrected chi connectivity index (χ0v) is 18.6. The van der Waals surface area contributed by atoms with E-state index in [0.717, 1.165) is 34.8 Å². The van der Waals surface area contributed by atoms with Crippen LogP contribution in [0.3, 0.4) is 0 Å². The average molecular weight is 423 g/mol. The molecule has 3 rings (SSSR count). The third-order valence-corrected chi connectivity index (χ3v) is 4.79. The van der Waals surface area contributed by atoms with Crippen molar-refractivity contribution in [2.24, 2.45) is 4.99 Å². The van der Waals surface area contributed by atoms with Crippen molar-refractivity contribution in [3.8, 4) is 5.69 Å². The van der Waals surface area contributed by atoms with Crippen molar-refractivity contribution in [2.75, 3.05) is 27.2 Å². The number of hydrogen-bond acceptors (Lipinski definition) is 4. The molecule has 2 heterocycles. The number of likely N-dealkylation sites (N-methyl/N-ethyl adjacent to an activating group) is 1. The largest absolute Gasteiger partial charge is 0.469 e. The molecule has 0 bridgehead atoms. The minimum absolute atomic E-state index is 0.0245. The summed E-state index contributed by atoms with van der Waals surface area (Å²) in [5.74, 6) is 1.44. The normalized spacial score (nSPS) is 11.4. The van der Waals surface area contributed by atoms with Crippen molar-refractivity contribution in [1.29, 1.82) is 0 Å². The smallest absolute Gasteiger partial charge is 0.241 e. The maximum absolute atomic E-state index is 12.0. The lowest BCUT2D eigenvalue weighted by Crippen LogP contribution is -2.43. The summed E-state index contributed by atoms with van der Waals surface area (Å²) in [6.45, 7) is 5.27. The van der Waals surface area contributed by atoms with Crippen LogP contribution in [0.5, 0.6) is 0 Å². The lowest BCUT2D eigenvalue weighted by molar-refractivity contribution is -0.127. The number of carbonyl (C=O) groups is 1. The van der Waals surface area contributed by atoms with E-state index in [0.29, 0.717) is 19.0 Å². The first-order chi connectivity index (χ1) is 14.9. The summed E-state index contributed by atoms with van der Waals surface area (Å²) >= 11 is 0. The first kappa shape index (κ1) is 22.1. The number of guanidine groups is 1. The second-order valence-corrected chi connectivity index (χ2v) is 7.53. The van der Waals surface area contributed by atoms with Gasteiger partial charge in [-0.05, 0) is 43.7 Å². The predicted molar refractivity (Wildman–Crippen MR) is 121 cm³/mol. The first-order valence-electron chi connectivity index (χ1n) is 10.3. The molecule has 0 atom stereocenters. The van der Waals surface area contributed by atoms with Gasteiger partial charge in [0.2, 0.25) is 5.91 Å². The van der Waals surface area contributed by atoms with Gasteiger partial charge in [-0.1, -0.05) is 18.2 Å². The Kier molecular flexibility index (Phi) is 7.48. The summed E-state index contributed by atoms with van der Waals surface area (Å²) in [6, 6.07) is 13.9. The molecule has 0 saturated heterocycles. The number of benzene rings is 1. The van der Waals surface area contributed by atoms with E-state index in [-0.39, 0.29) is 12.5 Å². The number of para-hydroxylation sites is 1. The van der Waals surface area contributed by atoms with Gasteiger partial charge in [0.05, 0.1) is 30.7 Å². The van der Waals surface area contributed by atoms with Crippen LogP contribution < -0.4 is 10.6 Å². The highest BCUT2D eigenvalue weighted by Gasteiger charge is 2.10. The van der Waals surface area contributed by atoms with Crippen LogP contribution >= 0.6 is 0 Å². The number of furan rings is 1. The van der Waals surface area contributed by atoms with E-state index in [1.807, 2.05) is 54.9 Å². The average Bonchev–Trinajstić information content (AvgIpc) is 3.38. The number of aromatic nitrogens is 2. The van der Waals surface area contributed by atoms with Gasteiger partial charge in [0.25, 0.3) is 0 Å². The predicted octanol–water partition coefficient (Wildman–Crippen LogP) is 2.45. The van der Waals surface area contributed by atoms with Crippen molar-refractivity contribution in [3.63, 3.8) is 0 Å². The minimum atomic E-state index is -0.0245. The third-order valence-electron chi connectivity index (χ3n) is 4.79. The van der Waals surface area contributed by atoms with Crippen LogP contribution in [0.1, 0.15) is 22.7 Å². The Bertz CT molecular complexity index is 1020. The number of carbonyl (C=O) groups excluding carboxylic acids is 1. The van der Waals surface area contributed by atoms with Crippen molar-refractivity contribution < 1.29 is 9.21 Å². The lowest BCUT2D eigenvalue weighted by Gasteiger charge is -2.15. The molecule has 0 fully saturated rings. The quantitative estimate of drug-likeness (QED) is 0.430. The fourth-order valence-electron chi connectivity index (χ4n) is 3.14. The lowest BCUT2D eigenvalue weighted by atomic mass is 10.2. The number of hydrogen-bond donors (Lipinski definition) is 2. The summed E-state index contributed by atoms with van der Waals surface area (Å²) in [5, 5.41) is 11.0. The summed E-state index contributed by atoms with van der Waals surface area (Å²) < 4.78 is 7.32. The molecular weight excluding hydrogens is 392 g/mol. The molecule has 3 aromatic rings. The third kappa shape index (κ3) is 6.21. The maximum atomic E-state index is 12.0. The zero-order valence-electron chi connectivity index (χ0n) is 18.6. The number of aliphatic imine (C=N–C) groups is 1. The van der Waals surface area contributed by atoms with Gasteiger partial charge < -0.3 is 20.0 Å². The summed E-state index contributed by atoms with van der Waals surface area (Å²) in [7, 11) is 3.46. The van der Waals surface area contributed by atoms with E-state index in [1.165, 1.54) is 0 Å². The molecule has 8 heteroatoms. The first-order valence-corrected chi connectivity index (χ1v) is 10.3. The fourth-order valence-corrected chi connectivity index (χ4v) is 3.14. The van der Waals surface area contributed by atoms with E-state index < -0.39 is 0 Å². The van der Waals surface area contributed by atoms with Gasteiger partial charge >= 0.3 is 0 Å². The minimum Gasteiger partial charge on any atom is -0.469 e. The summed E-state index contributed by atoms with van der Waals surface area (Å²) in [5.41, 5.74) is 4.08. The second-order valence-electron chi connectivity index (χ2n) is 7.53. The Morgan fingerprint density at radius 1 is 1.16 bits per heavy atom. The molecule has 2 N–H and O–H groups in total. The molecule has 31 heavy (non-hydrogen) atoms. The monoisotopic (exact) mass is 422 g/mol. The number of rotatable bonds is 8. The highest BCUT2D eigenvalue weighted by molar-refractivity contribution is 5.86. The molecule has 8 nitrogen and oxygen atoms in total. The Labute approximate surface area is 183 Å². The van der Waals surface area contributed by atoms with E-state index in [4.69, 9.17) is 9.41 Å². The van der Waals surface area contributed by atoms with Gasteiger partial charge in [0, 0.05) is 32.8 Å². The van der Waals surface area contributed by atoms with Crippen LogP contribution in [0.2, 0.25) is 0 Å². The van der Waals surface area contributed by atoms with Gasteiger partial charge in [-0.2, -0.15) is 5.10 Å². The SMILES string of the molecule is Cc1cc(C)n(-c2ccccc2CN=C(NCCc2ccco2)NCC(=O)N(C)C)n1. The molecule has 0 aliphatic carbocycles. The zero-order chi connectivity index (χ0) is 22.2. The van der Waals surface area contributed by atoms with Crippen LogP contribution in [0.25, 0.3) is 5.69 Å². The second kappa shape index (κ2) is 10.5. The van der Waals surface area contributed by atoms with Gasteiger partial charge in [-0.25, -0.2) is 9.67 Å². The van der Waals surface area contributed by atoms with Crippen molar-refractivity contribution >= 4 is 11.9 Å². The standard InChI is InChI=1S/C23H30N6O2/c1-17-14-18(2)29(27-17)21-10-6-5-8-19(21)15-25-23(26-16-22(30)28(3)4)24-12-11-20-9-7-13-31-20/h5-10,13-14H,11-12,15-16H2,1-4H3,(H2,24,25,26). The van der Waals surface area contributed by atoms with Crippen LogP contribution in [0.4, 0.5) is 0 Å². The molecule has 164 valence electrons. The molecule has 0 aliphatic heterocycles. The maximum Gasteiger partial charge on any atom is 0.241 e. The Hall–Kier alpha value is -3.55. The highest BCUT2D eigenvalue weighted by Crippen LogP contribution is 2.17. The topological polar surface area (TPSA) is 87.7 Å². The van der Waals surface area contributed by atoms with Gasteiger partial charge in [0.15, 0.2) is 5.96 Å². The molecule has 1 aromatic carbocycles.